The first-order chi connectivity index (χ1) is 9.13. The molecule has 0 spiro atoms. The number of anilines is 1. The summed E-state index contributed by atoms with van der Waals surface area (Å²) in [5, 5.41) is 3.12. The van der Waals surface area contributed by atoms with Crippen molar-refractivity contribution in [3.63, 3.8) is 0 Å². The van der Waals surface area contributed by atoms with Crippen molar-refractivity contribution in [2.75, 3.05) is 18.4 Å². The first kappa shape index (κ1) is 14.3. The molecule has 1 saturated carbocycles. The monoisotopic (exact) mass is 283 g/mol. The smallest absolute Gasteiger partial charge is 0.260 e. The van der Waals surface area contributed by atoms with E-state index in [-0.39, 0.29) is 5.03 Å². The van der Waals surface area contributed by atoms with E-state index in [0.717, 1.165) is 12.8 Å². The Balaban J connectivity index is 2.09. The molecule has 19 heavy (non-hydrogen) atoms. The highest BCUT2D eigenvalue weighted by Gasteiger charge is 2.22. The largest absolute Gasteiger partial charge is 0.383 e. The maximum absolute atomic E-state index is 12.3. The van der Waals surface area contributed by atoms with Gasteiger partial charge in [0.1, 0.15) is 0 Å². The van der Waals surface area contributed by atoms with E-state index in [2.05, 4.69) is 15.0 Å². The molecule has 0 radical (unpaired) electrons. The number of pyridine rings is 1. The molecular formula is C13H21N3O2S. The first-order valence-corrected chi connectivity index (χ1v) is 8.30. The van der Waals surface area contributed by atoms with Gasteiger partial charge in [-0.15, -0.1) is 0 Å². The quantitative estimate of drug-likeness (QED) is 0.837. The molecule has 6 heteroatoms. The number of nitrogens with zero attached hydrogens (tertiary/aromatic N) is 1. The number of hydrogen-bond acceptors (Lipinski definition) is 4. The highest BCUT2D eigenvalue weighted by molar-refractivity contribution is 7.89. The Bertz CT molecular complexity index is 510. The molecule has 5 nitrogen and oxygen atoms in total. The average Bonchev–Trinajstić information content (AvgIpc) is 2.91. The number of sulfonamides is 1. The second-order valence-electron chi connectivity index (χ2n) is 4.89. The lowest BCUT2D eigenvalue weighted by atomic mass is 10.1. The Morgan fingerprint density at radius 3 is 2.79 bits per heavy atom. The van der Waals surface area contributed by atoms with Gasteiger partial charge in [0.25, 0.3) is 10.0 Å². The van der Waals surface area contributed by atoms with E-state index in [4.69, 9.17) is 0 Å². The molecule has 1 heterocycles. The summed E-state index contributed by atoms with van der Waals surface area (Å²) in [5.74, 6) is 0.473. The third-order valence-electron chi connectivity index (χ3n) is 3.43. The minimum atomic E-state index is -3.52. The van der Waals surface area contributed by atoms with Crippen LogP contribution in [-0.2, 0) is 10.0 Å². The molecule has 1 aromatic rings. The van der Waals surface area contributed by atoms with Gasteiger partial charge in [-0.25, -0.2) is 18.1 Å². The highest BCUT2D eigenvalue weighted by atomic mass is 32.2. The summed E-state index contributed by atoms with van der Waals surface area (Å²) in [7, 11) is -3.52. The van der Waals surface area contributed by atoms with E-state index in [1.54, 1.807) is 12.1 Å². The molecule has 2 rings (SSSR count). The second kappa shape index (κ2) is 6.34. The summed E-state index contributed by atoms with van der Waals surface area (Å²) in [4.78, 5) is 4.00. The normalized spacial score (nSPS) is 16.7. The SMILES string of the molecule is CCNc1cccnc1S(=O)(=O)NCC1CCCC1. The third-order valence-corrected chi connectivity index (χ3v) is 4.81. The minimum absolute atomic E-state index is 0.0925. The van der Waals surface area contributed by atoms with E-state index in [1.165, 1.54) is 19.0 Å². The van der Waals surface area contributed by atoms with Gasteiger partial charge in [0.15, 0.2) is 5.03 Å². The van der Waals surface area contributed by atoms with Gasteiger partial charge in [-0.3, -0.25) is 0 Å². The molecule has 1 aliphatic carbocycles. The van der Waals surface area contributed by atoms with Gasteiger partial charge < -0.3 is 5.32 Å². The van der Waals surface area contributed by atoms with Gasteiger partial charge in [-0.1, -0.05) is 12.8 Å². The summed E-state index contributed by atoms with van der Waals surface area (Å²) in [6.07, 6.45) is 6.15. The first-order valence-electron chi connectivity index (χ1n) is 6.82. The van der Waals surface area contributed by atoms with E-state index in [0.29, 0.717) is 24.7 Å². The molecule has 0 amide bonds. The van der Waals surface area contributed by atoms with Crippen LogP contribution >= 0.6 is 0 Å². The predicted octanol–water partition coefficient (Wildman–Crippen LogP) is 1.98. The number of hydrogen-bond donors (Lipinski definition) is 2. The predicted molar refractivity (Wildman–Crippen MR) is 75.5 cm³/mol. The fraction of sp³-hybridized carbons (Fsp3) is 0.615. The van der Waals surface area contributed by atoms with Crippen LogP contribution in [0, 0.1) is 5.92 Å². The van der Waals surface area contributed by atoms with E-state index in [1.807, 2.05) is 6.92 Å². The summed E-state index contributed by atoms with van der Waals surface area (Å²) in [5.41, 5.74) is 0.559. The Morgan fingerprint density at radius 1 is 1.37 bits per heavy atom. The second-order valence-corrected chi connectivity index (χ2v) is 6.57. The van der Waals surface area contributed by atoms with Gasteiger partial charge in [0.2, 0.25) is 0 Å². The van der Waals surface area contributed by atoms with Crippen LogP contribution in [0.5, 0.6) is 0 Å². The molecule has 0 aromatic carbocycles. The van der Waals surface area contributed by atoms with Crippen molar-refractivity contribution in [1.82, 2.24) is 9.71 Å². The number of aromatic nitrogens is 1. The summed E-state index contributed by atoms with van der Waals surface area (Å²) >= 11 is 0. The fourth-order valence-electron chi connectivity index (χ4n) is 2.44. The summed E-state index contributed by atoms with van der Waals surface area (Å²) in [6.45, 7) is 3.11. The molecule has 0 unspecified atom stereocenters. The lowest BCUT2D eigenvalue weighted by Gasteiger charge is -2.13. The van der Waals surface area contributed by atoms with Crippen LogP contribution in [0.3, 0.4) is 0 Å². The van der Waals surface area contributed by atoms with Crippen LogP contribution in [0.2, 0.25) is 0 Å². The van der Waals surface area contributed by atoms with Crippen molar-refractivity contribution >= 4 is 15.7 Å². The topological polar surface area (TPSA) is 71.1 Å². The van der Waals surface area contributed by atoms with Crippen molar-refractivity contribution in [2.45, 2.75) is 37.6 Å². The van der Waals surface area contributed by atoms with Crippen LogP contribution in [0.1, 0.15) is 32.6 Å². The molecule has 106 valence electrons. The van der Waals surface area contributed by atoms with Crippen LogP contribution in [0.4, 0.5) is 5.69 Å². The molecule has 0 bridgehead atoms. The third kappa shape index (κ3) is 3.67. The Kier molecular flexibility index (Phi) is 4.76. The van der Waals surface area contributed by atoms with Crippen molar-refractivity contribution in [1.29, 1.82) is 0 Å². The van der Waals surface area contributed by atoms with Crippen molar-refractivity contribution in [3.05, 3.63) is 18.3 Å². The number of nitrogens with one attached hydrogen (secondary N) is 2. The molecule has 2 N–H and O–H groups in total. The molecule has 1 aromatic heterocycles. The van der Waals surface area contributed by atoms with Crippen LogP contribution < -0.4 is 10.0 Å². The van der Waals surface area contributed by atoms with Gasteiger partial charge in [-0.2, -0.15) is 0 Å². The molecule has 0 saturated heterocycles. The van der Waals surface area contributed by atoms with E-state index >= 15 is 0 Å². The van der Waals surface area contributed by atoms with Gasteiger partial charge in [0.05, 0.1) is 5.69 Å². The molecule has 0 atom stereocenters. The highest BCUT2D eigenvalue weighted by Crippen LogP contribution is 2.24. The lowest BCUT2D eigenvalue weighted by Crippen LogP contribution is -2.29. The molecule has 1 fully saturated rings. The van der Waals surface area contributed by atoms with Crippen LogP contribution in [0.15, 0.2) is 23.4 Å². The van der Waals surface area contributed by atoms with Gasteiger partial charge >= 0.3 is 0 Å². The zero-order chi connectivity index (χ0) is 13.7. The Hall–Kier alpha value is -1.14. The zero-order valence-electron chi connectivity index (χ0n) is 11.2. The van der Waals surface area contributed by atoms with E-state index in [9.17, 15) is 8.42 Å². The van der Waals surface area contributed by atoms with Crippen LogP contribution in [0.25, 0.3) is 0 Å². The minimum Gasteiger partial charge on any atom is -0.383 e. The summed E-state index contributed by atoms with van der Waals surface area (Å²) in [6, 6.07) is 3.47. The van der Waals surface area contributed by atoms with Crippen molar-refractivity contribution < 1.29 is 8.42 Å². The van der Waals surface area contributed by atoms with Gasteiger partial charge in [-0.05, 0) is 37.8 Å². The standard InChI is InChI=1S/C13H21N3O2S/c1-2-14-12-8-5-9-15-13(12)19(17,18)16-10-11-6-3-4-7-11/h5,8-9,11,14,16H,2-4,6-7,10H2,1H3. The van der Waals surface area contributed by atoms with Crippen LogP contribution in [-0.4, -0.2) is 26.5 Å². The lowest BCUT2D eigenvalue weighted by molar-refractivity contribution is 0.518. The maximum atomic E-state index is 12.3. The fourth-order valence-corrected chi connectivity index (χ4v) is 3.66. The Morgan fingerprint density at radius 2 is 2.11 bits per heavy atom. The summed E-state index contributed by atoms with van der Waals surface area (Å²) < 4.78 is 27.2. The zero-order valence-corrected chi connectivity index (χ0v) is 12.0. The van der Waals surface area contributed by atoms with E-state index < -0.39 is 10.0 Å². The molecular weight excluding hydrogens is 262 g/mol. The van der Waals surface area contributed by atoms with Crippen molar-refractivity contribution in [3.8, 4) is 0 Å². The average molecular weight is 283 g/mol. The van der Waals surface area contributed by atoms with Gasteiger partial charge in [0, 0.05) is 19.3 Å². The number of rotatable bonds is 6. The molecule has 1 aliphatic rings. The van der Waals surface area contributed by atoms with Crippen molar-refractivity contribution in [2.24, 2.45) is 5.92 Å². The molecule has 0 aliphatic heterocycles. The maximum Gasteiger partial charge on any atom is 0.260 e. The Labute approximate surface area is 114 Å².